The summed E-state index contributed by atoms with van der Waals surface area (Å²) in [5.74, 6) is -0.958. The lowest BCUT2D eigenvalue weighted by molar-refractivity contribution is -0.136. The largest absolute Gasteiger partial charge is 0.478 e. The van der Waals surface area contributed by atoms with Gasteiger partial charge in [0.2, 0.25) is 0 Å². The van der Waals surface area contributed by atoms with E-state index in [0.29, 0.717) is 6.61 Å². The van der Waals surface area contributed by atoms with Gasteiger partial charge in [-0.2, -0.15) is 0 Å². The van der Waals surface area contributed by atoms with Crippen LogP contribution in [-0.2, 0) is 9.53 Å². The molecule has 148 valence electrons. The van der Waals surface area contributed by atoms with Gasteiger partial charge in [-0.15, -0.1) is 0 Å². The van der Waals surface area contributed by atoms with Crippen LogP contribution in [0.4, 0.5) is 9.59 Å². The minimum atomic E-state index is -1.62. The summed E-state index contributed by atoms with van der Waals surface area (Å²) in [7, 11) is 0. The van der Waals surface area contributed by atoms with Crippen molar-refractivity contribution in [3.8, 4) is 0 Å². The molecule has 0 fully saturated rings. The van der Waals surface area contributed by atoms with Gasteiger partial charge in [0, 0.05) is 6.61 Å². The Balaban J connectivity index is 0. The number of unbranched alkanes of at least 4 members (excludes halogenated alkanes) is 1. The Labute approximate surface area is 152 Å². The number of nitrogens with zero attached hydrogens (tertiary/aromatic N) is 2. The quantitative estimate of drug-likeness (QED) is 0.529. The Morgan fingerprint density at radius 1 is 1.04 bits per heavy atom. The SMILES string of the molecule is CCCC.CCCOC1(C)NC=CC=C1C(=O)O.O=C(O)/N=N/C(=O)O. The number of aliphatic carboxylic acids is 1. The number of amides is 2. The summed E-state index contributed by atoms with van der Waals surface area (Å²) in [4.78, 5) is 29.7. The van der Waals surface area contributed by atoms with Crippen LogP contribution in [0.1, 0.15) is 47.0 Å². The third-order valence-electron chi connectivity index (χ3n) is 2.78. The lowest BCUT2D eigenvalue weighted by atomic mass is 10.0. The van der Waals surface area contributed by atoms with E-state index in [0.717, 1.165) is 6.42 Å². The Morgan fingerprint density at radius 2 is 1.54 bits per heavy atom. The zero-order valence-electron chi connectivity index (χ0n) is 15.4. The first-order chi connectivity index (χ1) is 12.1. The number of carbonyl (C=O) groups is 3. The molecule has 4 N–H and O–H groups in total. The average molecular weight is 373 g/mol. The van der Waals surface area contributed by atoms with Crippen molar-refractivity contribution in [1.29, 1.82) is 0 Å². The number of nitrogens with one attached hydrogen (secondary N) is 1. The summed E-state index contributed by atoms with van der Waals surface area (Å²) in [6.45, 7) is 8.58. The molecule has 0 bridgehead atoms. The molecule has 1 atom stereocenters. The summed E-state index contributed by atoms with van der Waals surface area (Å²) in [5.41, 5.74) is -0.676. The molecule has 10 heteroatoms. The fourth-order valence-corrected chi connectivity index (χ4v) is 1.37. The van der Waals surface area contributed by atoms with Crippen LogP contribution in [0.25, 0.3) is 0 Å². The highest BCUT2D eigenvalue weighted by Gasteiger charge is 2.34. The maximum atomic E-state index is 10.9. The summed E-state index contributed by atoms with van der Waals surface area (Å²) < 4.78 is 5.48. The maximum absolute atomic E-state index is 10.9. The maximum Gasteiger partial charge on any atom is 0.450 e. The zero-order chi connectivity index (χ0) is 20.6. The molecule has 0 aromatic rings. The van der Waals surface area contributed by atoms with E-state index in [9.17, 15) is 14.4 Å². The smallest absolute Gasteiger partial charge is 0.450 e. The number of allylic oxidation sites excluding steroid dienone is 2. The predicted molar refractivity (Wildman–Crippen MR) is 94.1 cm³/mol. The third-order valence-corrected chi connectivity index (χ3v) is 2.78. The van der Waals surface area contributed by atoms with Gasteiger partial charge in [0.15, 0.2) is 5.72 Å². The Hall–Kier alpha value is -2.75. The number of carboxylic acid groups (broad SMARTS) is 3. The summed E-state index contributed by atoms with van der Waals surface area (Å²) in [6, 6.07) is 0. The van der Waals surface area contributed by atoms with Crippen LogP contribution in [-0.4, -0.2) is 45.8 Å². The van der Waals surface area contributed by atoms with E-state index in [1.165, 1.54) is 12.8 Å². The number of hydrogen-bond donors (Lipinski definition) is 4. The molecule has 0 aliphatic carbocycles. The molecular weight excluding hydrogens is 346 g/mol. The van der Waals surface area contributed by atoms with Gasteiger partial charge in [-0.25, -0.2) is 14.4 Å². The van der Waals surface area contributed by atoms with Gasteiger partial charge in [0.1, 0.15) is 0 Å². The van der Waals surface area contributed by atoms with Gasteiger partial charge in [0.05, 0.1) is 5.57 Å². The second-order valence-electron chi connectivity index (χ2n) is 5.04. The standard InChI is InChI=1S/C10H15NO3.C4H10.C2H2N2O4/c1-3-7-14-10(2)8(9(12)13)5-4-6-11-10;1-3-4-2;5-1(6)3-4-2(7)8/h4-6,11H,3,7H2,1-2H3,(H,12,13);3-4H2,1-2H3;(H,5,6)(H,7,8)/b;;4-3+. The van der Waals surface area contributed by atoms with Crippen LogP contribution in [0.3, 0.4) is 0 Å². The monoisotopic (exact) mass is 373 g/mol. The van der Waals surface area contributed by atoms with E-state index in [1.807, 2.05) is 6.92 Å². The van der Waals surface area contributed by atoms with Gasteiger partial charge in [-0.1, -0.05) is 43.8 Å². The lowest BCUT2D eigenvalue weighted by Gasteiger charge is -2.32. The molecule has 0 radical (unpaired) electrons. The minimum Gasteiger partial charge on any atom is -0.478 e. The fourth-order valence-electron chi connectivity index (χ4n) is 1.37. The molecule has 0 spiro atoms. The van der Waals surface area contributed by atoms with Crippen molar-refractivity contribution in [3.05, 3.63) is 23.9 Å². The number of hydrogen-bond acceptors (Lipinski definition) is 5. The number of carboxylic acids is 1. The highest BCUT2D eigenvalue weighted by Crippen LogP contribution is 2.21. The van der Waals surface area contributed by atoms with Gasteiger partial charge < -0.3 is 25.4 Å². The highest BCUT2D eigenvalue weighted by atomic mass is 16.5. The first-order valence-electron chi connectivity index (χ1n) is 8.04. The summed E-state index contributed by atoms with van der Waals surface area (Å²) in [5, 5.41) is 31.7. The number of azo groups is 1. The molecular formula is C16H27N3O7. The van der Waals surface area contributed by atoms with Gasteiger partial charge in [-0.3, -0.25) is 0 Å². The molecule has 0 aromatic carbocycles. The van der Waals surface area contributed by atoms with Crippen molar-refractivity contribution < 1.29 is 34.4 Å². The first kappa shape index (κ1) is 25.5. The van der Waals surface area contributed by atoms with E-state index in [2.05, 4.69) is 29.4 Å². The second kappa shape index (κ2) is 14.6. The van der Waals surface area contributed by atoms with Crippen molar-refractivity contribution in [2.75, 3.05) is 6.61 Å². The minimum absolute atomic E-state index is 0.230. The van der Waals surface area contributed by atoms with E-state index >= 15 is 0 Å². The number of dihydropyridines is 1. The molecule has 1 aliphatic heterocycles. The van der Waals surface area contributed by atoms with E-state index in [1.54, 1.807) is 25.3 Å². The molecule has 10 nitrogen and oxygen atoms in total. The van der Waals surface area contributed by atoms with Gasteiger partial charge >= 0.3 is 18.2 Å². The van der Waals surface area contributed by atoms with Crippen molar-refractivity contribution >= 4 is 18.2 Å². The van der Waals surface area contributed by atoms with Gasteiger partial charge in [0.25, 0.3) is 0 Å². The topological polar surface area (TPSA) is 158 Å². The van der Waals surface area contributed by atoms with Crippen LogP contribution in [0, 0.1) is 0 Å². The van der Waals surface area contributed by atoms with Crippen molar-refractivity contribution in [2.24, 2.45) is 10.2 Å². The Morgan fingerprint density at radius 3 is 1.88 bits per heavy atom. The first-order valence-corrected chi connectivity index (χ1v) is 8.04. The molecule has 0 saturated heterocycles. The van der Waals surface area contributed by atoms with Crippen molar-refractivity contribution in [3.63, 3.8) is 0 Å². The van der Waals surface area contributed by atoms with Crippen LogP contribution < -0.4 is 5.32 Å². The Kier molecular flexibility index (Phi) is 14.3. The third kappa shape index (κ3) is 12.6. The molecule has 26 heavy (non-hydrogen) atoms. The Bertz CT molecular complexity index is 526. The van der Waals surface area contributed by atoms with Crippen LogP contribution in [0.5, 0.6) is 0 Å². The van der Waals surface area contributed by atoms with E-state index in [-0.39, 0.29) is 5.57 Å². The average Bonchev–Trinajstić information content (AvgIpc) is 2.59. The molecule has 1 rings (SSSR count). The normalized spacial score (nSPS) is 17.8. The molecule has 0 saturated carbocycles. The molecule has 1 heterocycles. The molecule has 0 aromatic heterocycles. The second-order valence-corrected chi connectivity index (χ2v) is 5.04. The highest BCUT2D eigenvalue weighted by molar-refractivity contribution is 5.89. The number of ether oxygens (including phenoxy) is 1. The van der Waals surface area contributed by atoms with Gasteiger partial charge in [-0.05, 0) is 31.7 Å². The van der Waals surface area contributed by atoms with E-state index < -0.39 is 23.9 Å². The molecule has 2 amide bonds. The van der Waals surface area contributed by atoms with Crippen LogP contribution >= 0.6 is 0 Å². The summed E-state index contributed by atoms with van der Waals surface area (Å²) in [6.07, 6.45) is 5.14. The molecule has 1 aliphatic rings. The van der Waals surface area contributed by atoms with E-state index in [4.69, 9.17) is 20.1 Å². The van der Waals surface area contributed by atoms with Crippen molar-refractivity contribution in [2.45, 2.75) is 52.7 Å². The molecule has 1 unspecified atom stereocenters. The predicted octanol–water partition coefficient (Wildman–Crippen LogP) is 3.86. The fraction of sp³-hybridized carbons (Fsp3) is 0.562. The number of rotatable bonds is 5. The zero-order valence-corrected chi connectivity index (χ0v) is 15.4. The van der Waals surface area contributed by atoms with Crippen LogP contribution in [0.2, 0.25) is 0 Å². The van der Waals surface area contributed by atoms with Crippen LogP contribution in [0.15, 0.2) is 34.2 Å². The lowest BCUT2D eigenvalue weighted by Crippen LogP contribution is -2.47. The van der Waals surface area contributed by atoms with Crippen molar-refractivity contribution in [1.82, 2.24) is 5.32 Å². The summed E-state index contributed by atoms with van der Waals surface area (Å²) >= 11 is 0.